The van der Waals surface area contributed by atoms with Gasteiger partial charge in [-0.3, -0.25) is 0 Å². The topological polar surface area (TPSA) is 6.48 Å². The molecule has 1 atom stereocenters. The molecule has 2 nitrogen and oxygen atoms in total. The zero-order valence-corrected chi connectivity index (χ0v) is 26.2. The molecule has 234 valence electrons. The second kappa shape index (κ2) is 11.8. The van der Waals surface area contributed by atoms with Crippen molar-refractivity contribution in [1.82, 2.24) is 0 Å². The third-order valence-electron chi connectivity index (χ3n) is 9.19. The van der Waals surface area contributed by atoms with Gasteiger partial charge in [-0.25, -0.2) is 17.6 Å². The van der Waals surface area contributed by atoms with Gasteiger partial charge >= 0.3 is 0 Å². The zero-order chi connectivity index (χ0) is 32.9. The van der Waals surface area contributed by atoms with E-state index >= 15 is 0 Å². The van der Waals surface area contributed by atoms with Crippen LogP contribution in [0.25, 0.3) is 11.1 Å². The average Bonchev–Trinajstić information content (AvgIpc) is 3.30. The fraction of sp³-hybridized carbons (Fsp3) is 0.122. The van der Waals surface area contributed by atoms with Gasteiger partial charge in [0, 0.05) is 33.9 Å². The lowest BCUT2D eigenvalue weighted by Crippen LogP contribution is -2.22. The molecular formula is C41H32F4N2. The molecule has 0 saturated carbocycles. The number of nitrogens with zero attached hydrogens (tertiary/aromatic N) is 2. The van der Waals surface area contributed by atoms with Gasteiger partial charge in [-0.2, -0.15) is 0 Å². The maximum atomic E-state index is 13.9. The quantitative estimate of drug-likeness (QED) is 0.162. The SMILES string of the molecule is CC(c1ccc2c(c1)C(C)(C)c1cc(N(c3ccc(F)cc3)c3ccc(F)cc3)ccc1-2)N(c1ccc(F)cc1)c1ccc(F)cc1. The van der Waals surface area contributed by atoms with Crippen molar-refractivity contribution < 1.29 is 17.6 Å². The molecule has 47 heavy (non-hydrogen) atoms. The molecule has 6 heteroatoms. The summed E-state index contributed by atoms with van der Waals surface area (Å²) in [5.74, 6) is -1.31. The second-order valence-electron chi connectivity index (χ2n) is 12.4. The Morgan fingerprint density at radius 2 is 0.809 bits per heavy atom. The van der Waals surface area contributed by atoms with Gasteiger partial charge in [-0.15, -0.1) is 0 Å². The highest BCUT2D eigenvalue weighted by atomic mass is 19.1. The first-order valence-electron chi connectivity index (χ1n) is 15.5. The Bertz CT molecular complexity index is 1960. The third-order valence-corrected chi connectivity index (χ3v) is 9.19. The summed E-state index contributed by atoms with van der Waals surface area (Å²) in [5, 5.41) is 0. The summed E-state index contributed by atoms with van der Waals surface area (Å²) < 4.78 is 55.6. The first-order valence-corrected chi connectivity index (χ1v) is 15.5. The molecule has 6 aromatic rings. The molecule has 0 aliphatic heterocycles. The van der Waals surface area contributed by atoms with E-state index in [1.807, 2.05) is 11.0 Å². The van der Waals surface area contributed by atoms with Crippen molar-refractivity contribution in [2.45, 2.75) is 32.2 Å². The summed E-state index contributed by atoms with van der Waals surface area (Å²) in [7, 11) is 0. The first-order chi connectivity index (χ1) is 22.6. The van der Waals surface area contributed by atoms with Crippen LogP contribution in [0, 0.1) is 23.3 Å². The number of fused-ring (bicyclic) bond motifs is 3. The summed E-state index contributed by atoms with van der Waals surface area (Å²) in [6.07, 6.45) is 0. The van der Waals surface area contributed by atoms with Gasteiger partial charge in [0.1, 0.15) is 23.3 Å². The van der Waals surface area contributed by atoms with Crippen molar-refractivity contribution in [2.24, 2.45) is 0 Å². The highest BCUT2D eigenvalue weighted by Crippen LogP contribution is 2.51. The Balaban J connectivity index is 1.29. The summed E-state index contributed by atoms with van der Waals surface area (Å²) in [6, 6.07) is 37.9. The van der Waals surface area contributed by atoms with Crippen LogP contribution in [0.3, 0.4) is 0 Å². The number of halogens is 4. The van der Waals surface area contributed by atoms with Crippen molar-refractivity contribution >= 4 is 28.4 Å². The Labute approximate surface area is 272 Å². The van der Waals surface area contributed by atoms with Gasteiger partial charge in [0.05, 0.1) is 6.04 Å². The predicted molar refractivity (Wildman–Crippen MR) is 182 cm³/mol. The monoisotopic (exact) mass is 628 g/mol. The first kappa shape index (κ1) is 30.3. The number of hydrogen-bond donors (Lipinski definition) is 0. The van der Waals surface area contributed by atoms with Crippen LogP contribution in [-0.2, 0) is 5.41 Å². The minimum Gasteiger partial charge on any atom is -0.334 e. The summed E-state index contributed by atoms with van der Waals surface area (Å²) in [4.78, 5) is 4.08. The zero-order valence-electron chi connectivity index (χ0n) is 26.2. The predicted octanol–water partition coefficient (Wildman–Crippen LogP) is 11.9. The van der Waals surface area contributed by atoms with E-state index in [9.17, 15) is 17.6 Å². The van der Waals surface area contributed by atoms with Crippen molar-refractivity contribution in [3.05, 3.63) is 173 Å². The van der Waals surface area contributed by atoms with Crippen LogP contribution in [-0.4, -0.2) is 0 Å². The lowest BCUT2D eigenvalue weighted by Gasteiger charge is -2.33. The lowest BCUT2D eigenvalue weighted by molar-refractivity contribution is 0.626. The highest BCUT2D eigenvalue weighted by molar-refractivity contribution is 5.86. The van der Waals surface area contributed by atoms with E-state index in [4.69, 9.17) is 0 Å². The van der Waals surface area contributed by atoms with E-state index in [0.29, 0.717) is 0 Å². The summed E-state index contributed by atoms with van der Waals surface area (Å²) >= 11 is 0. The van der Waals surface area contributed by atoms with E-state index in [2.05, 4.69) is 56.0 Å². The van der Waals surface area contributed by atoms with Crippen LogP contribution in [0.15, 0.2) is 133 Å². The van der Waals surface area contributed by atoms with E-state index in [1.165, 1.54) is 54.1 Å². The minimum atomic E-state index is -0.371. The number of rotatable bonds is 7. The lowest BCUT2D eigenvalue weighted by atomic mass is 9.81. The smallest absolute Gasteiger partial charge is 0.123 e. The van der Waals surface area contributed by atoms with Crippen LogP contribution in [0.5, 0.6) is 0 Å². The van der Waals surface area contributed by atoms with Crippen LogP contribution in [0.2, 0.25) is 0 Å². The largest absolute Gasteiger partial charge is 0.334 e. The normalized spacial score (nSPS) is 13.5. The third kappa shape index (κ3) is 5.54. The van der Waals surface area contributed by atoms with Gasteiger partial charge in [0.2, 0.25) is 0 Å². The van der Waals surface area contributed by atoms with Crippen molar-refractivity contribution in [3.63, 3.8) is 0 Å². The molecule has 0 aromatic heterocycles. The molecule has 0 saturated heterocycles. The molecule has 0 fully saturated rings. The number of benzene rings is 6. The summed E-state index contributed by atoms with van der Waals surface area (Å²) in [5.41, 5.74) is 9.21. The van der Waals surface area contributed by atoms with E-state index < -0.39 is 0 Å². The molecule has 6 aromatic carbocycles. The standard InChI is InChI=1S/C41H32F4N2/c1-26(46(32-13-5-28(42)6-14-32)33-15-7-29(43)8-16-33)27-4-22-37-38-23-21-36(25-40(38)41(2,3)39(37)24-27)47(34-17-9-30(44)10-18-34)35-19-11-31(45)12-20-35/h4-26H,1-3H3. The molecular weight excluding hydrogens is 596 g/mol. The maximum absolute atomic E-state index is 13.9. The fourth-order valence-electron chi connectivity index (χ4n) is 6.72. The Morgan fingerprint density at radius 3 is 1.26 bits per heavy atom. The molecule has 0 bridgehead atoms. The number of anilines is 5. The van der Waals surface area contributed by atoms with Crippen LogP contribution >= 0.6 is 0 Å². The molecule has 0 radical (unpaired) electrons. The molecule has 0 N–H and O–H groups in total. The Kier molecular flexibility index (Phi) is 7.59. The van der Waals surface area contributed by atoms with E-state index in [0.717, 1.165) is 50.7 Å². The van der Waals surface area contributed by atoms with E-state index in [-0.39, 0.29) is 34.7 Å². The Morgan fingerprint density at radius 1 is 0.447 bits per heavy atom. The molecule has 1 unspecified atom stereocenters. The second-order valence-corrected chi connectivity index (χ2v) is 12.4. The van der Waals surface area contributed by atoms with Gasteiger partial charge in [-0.05, 0) is 144 Å². The Hall–Kier alpha value is -5.36. The number of hydrogen-bond acceptors (Lipinski definition) is 2. The fourth-order valence-corrected chi connectivity index (χ4v) is 6.72. The molecule has 0 spiro atoms. The van der Waals surface area contributed by atoms with Gasteiger partial charge < -0.3 is 9.80 Å². The van der Waals surface area contributed by atoms with Crippen molar-refractivity contribution in [3.8, 4) is 11.1 Å². The molecule has 7 rings (SSSR count). The molecule has 1 aliphatic rings. The van der Waals surface area contributed by atoms with Crippen molar-refractivity contribution in [1.29, 1.82) is 0 Å². The molecule has 1 aliphatic carbocycles. The summed E-state index contributed by atoms with van der Waals surface area (Å²) in [6.45, 7) is 6.49. The average molecular weight is 629 g/mol. The van der Waals surface area contributed by atoms with Crippen LogP contribution < -0.4 is 9.80 Å². The maximum Gasteiger partial charge on any atom is 0.123 e. The molecule has 0 heterocycles. The van der Waals surface area contributed by atoms with Crippen LogP contribution in [0.1, 0.15) is 43.5 Å². The van der Waals surface area contributed by atoms with Crippen LogP contribution in [0.4, 0.5) is 46.0 Å². The highest BCUT2D eigenvalue weighted by Gasteiger charge is 2.37. The van der Waals surface area contributed by atoms with Gasteiger partial charge in [0.15, 0.2) is 0 Å². The van der Waals surface area contributed by atoms with E-state index in [1.54, 1.807) is 48.5 Å². The minimum absolute atomic E-state index is 0.168. The van der Waals surface area contributed by atoms with Gasteiger partial charge in [0.25, 0.3) is 0 Å². The van der Waals surface area contributed by atoms with Gasteiger partial charge in [-0.1, -0.05) is 38.1 Å². The van der Waals surface area contributed by atoms with Crippen molar-refractivity contribution in [2.75, 3.05) is 9.80 Å². The molecule has 0 amide bonds.